The summed E-state index contributed by atoms with van der Waals surface area (Å²) in [5.74, 6) is 0.447. The summed E-state index contributed by atoms with van der Waals surface area (Å²) in [5.41, 5.74) is 2.37. The lowest BCUT2D eigenvalue weighted by molar-refractivity contribution is -0.134. The summed E-state index contributed by atoms with van der Waals surface area (Å²) in [5, 5.41) is 3.18. The van der Waals surface area contributed by atoms with E-state index in [1.165, 1.54) is 13.2 Å². The van der Waals surface area contributed by atoms with Gasteiger partial charge in [0, 0.05) is 23.0 Å². The molecule has 1 rings (SSSR count). The third kappa shape index (κ3) is 4.96. The maximum atomic E-state index is 11.2. The van der Waals surface area contributed by atoms with Gasteiger partial charge in [-0.25, -0.2) is 4.79 Å². The van der Waals surface area contributed by atoms with Crippen LogP contribution in [0.25, 0.3) is 0 Å². The summed E-state index contributed by atoms with van der Waals surface area (Å²) >= 11 is 0. The lowest BCUT2D eigenvalue weighted by atomic mass is 10.1. The summed E-state index contributed by atoms with van der Waals surface area (Å²) in [7, 11) is 1.36. The van der Waals surface area contributed by atoms with Gasteiger partial charge in [-0.2, -0.15) is 0 Å². The number of esters is 1. The Labute approximate surface area is 120 Å². The maximum absolute atomic E-state index is 11.2. The molecule has 0 bridgehead atoms. The molecule has 0 radical (unpaired) electrons. The molecular formula is C16H23NO3. The minimum atomic E-state index is -0.380. The van der Waals surface area contributed by atoms with Crippen LogP contribution in [0.5, 0.6) is 5.75 Å². The molecule has 0 heterocycles. The number of anilines is 1. The van der Waals surface area contributed by atoms with Crippen LogP contribution < -0.4 is 10.1 Å². The highest BCUT2D eigenvalue weighted by atomic mass is 16.5. The molecule has 1 aromatic rings. The van der Waals surface area contributed by atoms with Gasteiger partial charge in [-0.1, -0.05) is 6.07 Å². The Kier molecular flexibility index (Phi) is 5.19. The van der Waals surface area contributed by atoms with Crippen molar-refractivity contribution in [3.8, 4) is 5.75 Å². The van der Waals surface area contributed by atoms with E-state index >= 15 is 0 Å². The van der Waals surface area contributed by atoms with Crippen LogP contribution in [0, 0.1) is 6.92 Å². The van der Waals surface area contributed by atoms with E-state index in [-0.39, 0.29) is 11.6 Å². The molecule has 0 spiro atoms. The summed E-state index contributed by atoms with van der Waals surface area (Å²) in [6.07, 6.45) is 1.41. The molecule has 0 aliphatic carbocycles. The third-order valence-electron chi connectivity index (χ3n) is 2.57. The fourth-order valence-electron chi connectivity index (χ4n) is 1.67. The van der Waals surface area contributed by atoms with Crippen molar-refractivity contribution in [3.05, 3.63) is 35.5 Å². The Hall–Kier alpha value is -1.97. The van der Waals surface area contributed by atoms with Crippen molar-refractivity contribution in [2.45, 2.75) is 40.2 Å². The number of carbonyl (C=O) groups excluding carboxylic acids is 1. The number of benzene rings is 1. The highest BCUT2D eigenvalue weighted by Gasteiger charge is 2.14. The fourth-order valence-corrected chi connectivity index (χ4v) is 1.67. The van der Waals surface area contributed by atoms with Crippen LogP contribution in [-0.2, 0) is 9.53 Å². The number of hydrogen-bond acceptors (Lipinski definition) is 4. The number of methoxy groups -OCH3 is 1. The Bertz CT molecular complexity index is 513. The van der Waals surface area contributed by atoms with Crippen molar-refractivity contribution in [1.82, 2.24) is 0 Å². The monoisotopic (exact) mass is 277 g/mol. The van der Waals surface area contributed by atoms with E-state index in [9.17, 15) is 4.79 Å². The van der Waals surface area contributed by atoms with Crippen molar-refractivity contribution in [2.75, 3.05) is 12.4 Å². The average Bonchev–Trinajstić information content (AvgIpc) is 2.32. The second kappa shape index (κ2) is 6.46. The molecule has 0 aromatic heterocycles. The van der Waals surface area contributed by atoms with Gasteiger partial charge in [0.2, 0.25) is 0 Å². The highest BCUT2D eigenvalue weighted by Crippen LogP contribution is 2.29. The third-order valence-corrected chi connectivity index (χ3v) is 2.57. The number of allylic oxidation sites excluding steroid dienone is 1. The number of carbonyl (C=O) groups is 1. The number of rotatable bonds is 4. The molecule has 0 saturated carbocycles. The Morgan fingerprint density at radius 2 is 1.95 bits per heavy atom. The lowest BCUT2D eigenvalue weighted by Crippen LogP contribution is -2.23. The normalized spacial score (nSPS) is 12.0. The number of nitrogens with one attached hydrogen (secondary N) is 1. The van der Waals surface area contributed by atoms with Gasteiger partial charge in [0.1, 0.15) is 11.4 Å². The van der Waals surface area contributed by atoms with Crippen LogP contribution in [0.4, 0.5) is 5.69 Å². The van der Waals surface area contributed by atoms with Crippen LogP contribution in [0.2, 0.25) is 0 Å². The second-order valence-corrected chi connectivity index (χ2v) is 5.62. The Morgan fingerprint density at radius 1 is 1.30 bits per heavy atom. The smallest absolute Gasteiger partial charge is 0.332 e. The maximum Gasteiger partial charge on any atom is 0.332 e. The average molecular weight is 277 g/mol. The van der Waals surface area contributed by atoms with Crippen molar-refractivity contribution in [1.29, 1.82) is 0 Å². The summed E-state index contributed by atoms with van der Waals surface area (Å²) in [4.78, 5) is 11.2. The van der Waals surface area contributed by atoms with Crippen molar-refractivity contribution in [2.24, 2.45) is 0 Å². The zero-order chi connectivity index (χ0) is 15.3. The quantitative estimate of drug-likeness (QED) is 0.674. The number of hydrogen-bond donors (Lipinski definition) is 1. The van der Waals surface area contributed by atoms with Gasteiger partial charge >= 0.3 is 5.97 Å². The highest BCUT2D eigenvalue weighted by molar-refractivity contribution is 5.83. The summed E-state index contributed by atoms with van der Waals surface area (Å²) < 4.78 is 10.5. The first-order valence-corrected chi connectivity index (χ1v) is 6.55. The predicted octanol–water partition coefficient (Wildman–Crippen LogP) is 3.66. The predicted molar refractivity (Wildman–Crippen MR) is 81.0 cm³/mol. The molecule has 0 amide bonds. The zero-order valence-electron chi connectivity index (χ0n) is 13.0. The molecule has 1 N–H and O–H groups in total. The molecule has 0 atom stereocenters. The van der Waals surface area contributed by atoms with Gasteiger partial charge in [-0.05, 0) is 46.8 Å². The molecule has 0 saturated heterocycles. The SMILES string of the molecule is COC(=O)/C=C(\C)Nc1cccc(OC(C)(C)C)c1C. The van der Waals surface area contributed by atoms with Crippen molar-refractivity contribution < 1.29 is 14.3 Å². The van der Waals surface area contributed by atoms with E-state index in [0.717, 1.165) is 17.0 Å². The van der Waals surface area contributed by atoms with Crippen LogP contribution in [-0.4, -0.2) is 18.7 Å². The van der Waals surface area contributed by atoms with E-state index < -0.39 is 0 Å². The van der Waals surface area contributed by atoms with Crippen molar-refractivity contribution >= 4 is 11.7 Å². The first kappa shape index (κ1) is 16.1. The van der Waals surface area contributed by atoms with Gasteiger partial charge < -0.3 is 14.8 Å². The molecule has 20 heavy (non-hydrogen) atoms. The van der Waals surface area contributed by atoms with Crippen LogP contribution in [0.3, 0.4) is 0 Å². The lowest BCUT2D eigenvalue weighted by Gasteiger charge is -2.23. The molecular weight excluding hydrogens is 254 g/mol. The van der Waals surface area contributed by atoms with Gasteiger partial charge in [0.15, 0.2) is 0 Å². The van der Waals surface area contributed by atoms with E-state index in [4.69, 9.17) is 4.74 Å². The van der Waals surface area contributed by atoms with E-state index in [2.05, 4.69) is 10.1 Å². The molecule has 0 aliphatic heterocycles. The Morgan fingerprint density at radius 3 is 2.50 bits per heavy atom. The fraction of sp³-hybridized carbons (Fsp3) is 0.438. The molecule has 0 fully saturated rings. The first-order chi connectivity index (χ1) is 9.23. The van der Waals surface area contributed by atoms with Crippen LogP contribution in [0.15, 0.2) is 30.0 Å². The van der Waals surface area contributed by atoms with Gasteiger partial charge in [0.25, 0.3) is 0 Å². The second-order valence-electron chi connectivity index (χ2n) is 5.62. The Balaban J connectivity index is 2.95. The summed E-state index contributed by atoms with van der Waals surface area (Å²) in [6, 6.07) is 5.80. The molecule has 0 unspecified atom stereocenters. The van der Waals surface area contributed by atoms with E-state index in [0.29, 0.717) is 5.70 Å². The standard InChI is InChI=1S/C16H23NO3/c1-11(10-15(18)19-6)17-13-8-7-9-14(12(13)2)20-16(3,4)5/h7-10,17H,1-6H3/b11-10+. The number of ether oxygens (including phenoxy) is 2. The van der Waals surface area contributed by atoms with Crippen LogP contribution >= 0.6 is 0 Å². The topological polar surface area (TPSA) is 47.6 Å². The van der Waals surface area contributed by atoms with E-state index in [1.54, 1.807) is 0 Å². The minimum Gasteiger partial charge on any atom is -0.488 e. The first-order valence-electron chi connectivity index (χ1n) is 6.55. The molecule has 4 nitrogen and oxygen atoms in total. The molecule has 110 valence electrons. The van der Waals surface area contributed by atoms with Gasteiger partial charge in [0.05, 0.1) is 7.11 Å². The van der Waals surface area contributed by atoms with Crippen LogP contribution in [0.1, 0.15) is 33.3 Å². The minimum absolute atomic E-state index is 0.250. The summed E-state index contributed by atoms with van der Waals surface area (Å²) in [6.45, 7) is 9.82. The largest absolute Gasteiger partial charge is 0.488 e. The van der Waals surface area contributed by atoms with Crippen molar-refractivity contribution in [3.63, 3.8) is 0 Å². The zero-order valence-corrected chi connectivity index (χ0v) is 13.0. The van der Waals surface area contributed by atoms with E-state index in [1.807, 2.05) is 52.8 Å². The van der Waals surface area contributed by atoms with Gasteiger partial charge in [-0.3, -0.25) is 0 Å². The van der Waals surface area contributed by atoms with Gasteiger partial charge in [-0.15, -0.1) is 0 Å². The molecule has 0 aliphatic rings. The molecule has 1 aromatic carbocycles. The molecule has 4 heteroatoms.